The average molecular weight is 318 g/mol. The predicted octanol–water partition coefficient (Wildman–Crippen LogP) is 4.70. The lowest BCUT2D eigenvalue weighted by Crippen LogP contribution is -2.09. The van der Waals surface area contributed by atoms with Crippen LogP contribution in [0.5, 0.6) is 5.75 Å². The van der Waals surface area contributed by atoms with Crippen molar-refractivity contribution in [1.29, 1.82) is 0 Å². The van der Waals surface area contributed by atoms with Crippen LogP contribution in [-0.4, -0.2) is 19.7 Å². The van der Waals surface area contributed by atoms with E-state index in [1.807, 2.05) is 6.92 Å². The van der Waals surface area contributed by atoms with Crippen LogP contribution >= 0.6 is 0 Å². The number of hydrogen-bond acceptors (Lipinski definition) is 3. The molecule has 23 heavy (non-hydrogen) atoms. The lowest BCUT2D eigenvalue weighted by Gasteiger charge is -2.23. The number of carbonyl (C=O) groups is 1. The Hall–Kier alpha value is -1.51. The summed E-state index contributed by atoms with van der Waals surface area (Å²) in [5, 5.41) is 0. The highest BCUT2D eigenvalue weighted by molar-refractivity contribution is 5.75. The number of hydrogen-bond donors (Lipinski definition) is 0. The summed E-state index contributed by atoms with van der Waals surface area (Å²) < 4.78 is 10.6. The molecular weight excluding hydrogens is 288 g/mol. The summed E-state index contributed by atoms with van der Waals surface area (Å²) in [5.74, 6) is 2.07. The maximum Gasteiger partial charge on any atom is 0.308 e. The van der Waals surface area contributed by atoms with Crippen molar-refractivity contribution < 1.29 is 14.3 Å². The van der Waals surface area contributed by atoms with Gasteiger partial charge in [-0.25, -0.2) is 0 Å². The zero-order chi connectivity index (χ0) is 17.1. The molecule has 1 fully saturated rings. The molecule has 1 aliphatic rings. The Morgan fingerprint density at radius 2 is 1.96 bits per heavy atom. The van der Waals surface area contributed by atoms with Crippen LogP contribution in [0.4, 0.5) is 0 Å². The first-order valence-corrected chi connectivity index (χ1v) is 8.75. The van der Waals surface area contributed by atoms with E-state index in [2.05, 4.69) is 33.8 Å². The van der Waals surface area contributed by atoms with Crippen molar-refractivity contribution in [1.82, 2.24) is 0 Å². The van der Waals surface area contributed by atoms with Gasteiger partial charge in [-0.3, -0.25) is 4.79 Å². The molecule has 3 heteroatoms. The zero-order valence-electron chi connectivity index (χ0n) is 15.4. The second-order valence-electron chi connectivity index (χ2n) is 6.75. The second-order valence-corrected chi connectivity index (χ2v) is 6.75. The van der Waals surface area contributed by atoms with Crippen LogP contribution in [0.15, 0.2) is 6.07 Å². The average Bonchev–Trinajstić information content (AvgIpc) is 3.30. The van der Waals surface area contributed by atoms with E-state index in [-0.39, 0.29) is 11.9 Å². The van der Waals surface area contributed by atoms with E-state index in [1.54, 1.807) is 0 Å². The molecule has 1 aromatic carbocycles. The van der Waals surface area contributed by atoms with Crippen molar-refractivity contribution in [3.05, 3.63) is 28.3 Å². The van der Waals surface area contributed by atoms with Gasteiger partial charge >= 0.3 is 5.97 Å². The number of esters is 1. The standard InChI is InChI=1S/C20H30O3/c1-7-15(10-16-11-17(16)20(21)22-6)19-12(3)9-18(23-8-2)13(4)14(19)5/h9,15-17H,7-8,10-11H2,1-6H3. The Balaban J connectivity index is 2.22. The summed E-state index contributed by atoms with van der Waals surface area (Å²) in [7, 11) is 1.49. The summed E-state index contributed by atoms with van der Waals surface area (Å²) in [6.45, 7) is 11.5. The second kappa shape index (κ2) is 7.37. The van der Waals surface area contributed by atoms with Crippen molar-refractivity contribution in [3.63, 3.8) is 0 Å². The summed E-state index contributed by atoms with van der Waals surface area (Å²) in [4.78, 5) is 11.7. The monoisotopic (exact) mass is 318 g/mol. The van der Waals surface area contributed by atoms with E-state index in [0.29, 0.717) is 18.4 Å². The number of rotatable bonds is 7. The van der Waals surface area contributed by atoms with Crippen molar-refractivity contribution in [2.24, 2.45) is 11.8 Å². The van der Waals surface area contributed by atoms with Gasteiger partial charge in [-0.2, -0.15) is 0 Å². The van der Waals surface area contributed by atoms with E-state index in [9.17, 15) is 4.79 Å². The van der Waals surface area contributed by atoms with Gasteiger partial charge in [0.05, 0.1) is 19.6 Å². The Bertz CT molecular complexity index is 577. The fraction of sp³-hybridized carbons (Fsp3) is 0.650. The van der Waals surface area contributed by atoms with Crippen LogP contribution in [0.1, 0.15) is 61.3 Å². The lowest BCUT2D eigenvalue weighted by molar-refractivity contribution is -0.142. The molecule has 0 aromatic heterocycles. The minimum atomic E-state index is -0.0406. The highest BCUT2D eigenvalue weighted by Gasteiger charge is 2.44. The van der Waals surface area contributed by atoms with E-state index in [0.717, 1.165) is 25.0 Å². The summed E-state index contributed by atoms with van der Waals surface area (Å²) >= 11 is 0. The molecular formula is C20H30O3. The fourth-order valence-corrected chi connectivity index (χ4v) is 3.80. The number of benzene rings is 1. The van der Waals surface area contributed by atoms with Crippen LogP contribution in [0.25, 0.3) is 0 Å². The first-order chi connectivity index (χ1) is 10.9. The summed E-state index contributed by atoms with van der Waals surface area (Å²) in [6, 6.07) is 2.18. The van der Waals surface area contributed by atoms with Crippen molar-refractivity contribution in [3.8, 4) is 5.75 Å². The third-order valence-corrected chi connectivity index (χ3v) is 5.32. The molecule has 0 N–H and O–H groups in total. The molecule has 0 radical (unpaired) electrons. The molecule has 128 valence electrons. The van der Waals surface area contributed by atoms with Crippen molar-refractivity contribution >= 4 is 5.97 Å². The fourth-order valence-electron chi connectivity index (χ4n) is 3.80. The van der Waals surface area contributed by atoms with Crippen LogP contribution in [0, 0.1) is 32.6 Å². The predicted molar refractivity (Wildman–Crippen MR) is 93.1 cm³/mol. The molecule has 3 nitrogen and oxygen atoms in total. The van der Waals surface area contributed by atoms with Crippen LogP contribution in [-0.2, 0) is 9.53 Å². The van der Waals surface area contributed by atoms with Gasteiger partial charge in [-0.1, -0.05) is 6.92 Å². The van der Waals surface area contributed by atoms with Crippen molar-refractivity contribution in [2.45, 2.75) is 59.8 Å². The van der Waals surface area contributed by atoms with Gasteiger partial charge in [0, 0.05) is 0 Å². The Morgan fingerprint density at radius 3 is 2.52 bits per heavy atom. The van der Waals surface area contributed by atoms with E-state index in [4.69, 9.17) is 9.47 Å². The lowest BCUT2D eigenvalue weighted by atomic mass is 9.83. The van der Waals surface area contributed by atoms with Gasteiger partial charge in [0.2, 0.25) is 0 Å². The first kappa shape index (κ1) is 17.8. The third kappa shape index (κ3) is 3.70. The highest BCUT2D eigenvalue weighted by atomic mass is 16.5. The number of methoxy groups -OCH3 is 1. The summed E-state index contributed by atoms with van der Waals surface area (Å²) in [5.41, 5.74) is 5.34. The molecule has 3 atom stereocenters. The molecule has 0 bridgehead atoms. The largest absolute Gasteiger partial charge is 0.494 e. The quantitative estimate of drug-likeness (QED) is 0.683. The number of carbonyl (C=O) groups excluding carboxylic acids is 1. The molecule has 1 aliphatic carbocycles. The summed E-state index contributed by atoms with van der Waals surface area (Å²) in [6.07, 6.45) is 3.15. The molecule has 0 aliphatic heterocycles. The van der Waals surface area contributed by atoms with Crippen molar-refractivity contribution in [2.75, 3.05) is 13.7 Å². The van der Waals surface area contributed by atoms with Gasteiger partial charge in [-0.05, 0) is 87.1 Å². The normalized spacial score (nSPS) is 21.0. The molecule has 3 unspecified atom stereocenters. The number of ether oxygens (including phenoxy) is 2. The van der Waals surface area contributed by atoms with Gasteiger partial charge in [0.1, 0.15) is 5.75 Å². The Morgan fingerprint density at radius 1 is 1.26 bits per heavy atom. The maximum absolute atomic E-state index is 11.7. The Labute approximate surface area is 140 Å². The smallest absolute Gasteiger partial charge is 0.308 e. The van der Waals surface area contributed by atoms with Gasteiger partial charge in [0.15, 0.2) is 0 Å². The molecule has 2 rings (SSSR count). The van der Waals surface area contributed by atoms with Gasteiger partial charge < -0.3 is 9.47 Å². The van der Waals surface area contributed by atoms with E-state index in [1.165, 1.54) is 29.4 Å². The Kier molecular flexibility index (Phi) is 5.72. The van der Waals surface area contributed by atoms with Gasteiger partial charge in [-0.15, -0.1) is 0 Å². The molecule has 0 saturated heterocycles. The van der Waals surface area contributed by atoms with E-state index >= 15 is 0 Å². The van der Waals surface area contributed by atoms with Crippen LogP contribution < -0.4 is 4.74 Å². The molecule has 1 aromatic rings. The third-order valence-electron chi connectivity index (χ3n) is 5.32. The topological polar surface area (TPSA) is 35.5 Å². The zero-order valence-corrected chi connectivity index (χ0v) is 15.4. The molecule has 0 heterocycles. The number of aryl methyl sites for hydroxylation is 1. The SMILES string of the molecule is CCOc1cc(C)c(C(CC)CC2CC2C(=O)OC)c(C)c1C. The minimum absolute atomic E-state index is 0.0406. The van der Waals surface area contributed by atoms with Crippen LogP contribution in [0.3, 0.4) is 0 Å². The van der Waals surface area contributed by atoms with Gasteiger partial charge in [0.25, 0.3) is 0 Å². The molecule has 0 amide bonds. The van der Waals surface area contributed by atoms with E-state index < -0.39 is 0 Å². The molecule has 1 saturated carbocycles. The molecule has 0 spiro atoms. The first-order valence-electron chi connectivity index (χ1n) is 8.75. The van der Waals surface area contributed by atoms with Crippen LogP contribution in [0.2, 0.25) is 0 Å². The minimum Gasteiger partial charge on any atom is -0.494 e. The maximum atomic E-state index is 11.7. The highest BCUT2D eigenvalue weighted by Crippen LogP contribution is 2.48.